The van der Waals surface area contributed by atoms with E-state index in [1.54, 1.807) is 0 Å². The van der Waals surface area contributed by atoms with Crippen LogP contribution in [-0.2, 0) is 6.54 Å². The van der Waals surface area contributed by atoms with E-state index in [1.165, 1.54) is 0 Å². The van der Waals surface area contributed by atoms with Gasteiger partial charge in [-0.25, -0.2) is 4.99 Å². The average Bonchev–Trinajstić information content (AvgIpc) is 2.43. The van der Waals surface area contributed by atoms with Gasteiger partial charge < -0.3 is 15.4 Å². The summed E-state index contributed by atoms with van der Waals surface area (Å²) in [5.74, 6) is 1.77. The Kier molecular flexibility index (Phi) is 7.47. The summed E-state index contributed by atoms with van der Waals surface area (Å²) in [5, 5.41) is 6.42. The Hall–Kier alpha value is -1.71. The normalized spacial score (nSPS) is 9.84. The maximum Gasteiger partial charge on any atom is 0.191 e. The molecule has 0 aliphatic heterocycles. The minimum atomic E-state index is 0.651. The molecule has 0 aromatic heterocycles. The van der Waals surface area contributed by atoms with Crippen molar-refractivity contribution in [3.05, 3.63) is 29.8 Å². The van der Waals surface area contributed by atoms with E-state index in [9.17, 15) is 0 Å². The summed E-state index contributed by atoms with van der Waals surface area (Å²) in [4.78, 5) is 4.53. The number of hydrogen-bond donors (Lipinski definition) is 2. The molecule has 1 rings (SSSR count). The first kappa shape index (κ1) is 15.3. The van der Waals surface area contributed by atoms with Gasteiger partial charge in [0.2, 0.25) is 0 Å². The first-order chi connectivity index (χ1) is 9.30. The minimum Gasteiger partial charge on any atom is -0.494 e. The standard InChI is InChI=1S/C15H25N3O/c1-4-10-19-14-9-7-8-13(11-14)12-18-15(16-5-2)17-6-3/h7-9,11H,4-6,10,12H2,1-3H3,(H2,16,17,18). The predicted molar refractivity (Wildman–Crippen MR) is 80.7 cm³/mol. The molecule has 0 aliphatic rings. The molecule has 19 heavy (non-hydrogen) atoms. The summed E-state index contributed by atoms with van der Waals surface area (Å²) >= 11 is 0. The van der Waals surface area contributed by atoms with Crippen LogP contribution < -0.4 is 15.4 Å². The van der Waals surface area contributed by atoms with Crippen molar-refractivity contribution in [2.24, 2.45) is 4.99 Å². The molecule has 0 saturated carbocycles. The van der Waals surface area contributed by atoms with Crippen molar-refractivity contribution in [2.45, 2.75) is 33.7 Å². The van der Waals surface area contributed by atoms with E-state index in [0.717, 1.165) is 43.4 Å². The van der Waals surface area contributed by atoms with E-state index in [1.807, 2.05) is 12.1 Å². The van der Waals surface area contributed by atoms with Gasteiger partial charge in [0.05, 0.1) is 13.2 Å². The van der Waals surface area contributed by atoms with Gasteiger partial charge in [0, 0.05) is 13.1 Å². The van der Waals surface area contributed by atoms with Gasteiger partial charge in [-0.2, -0.15) is 0 Å². The van der Waals surface area contributed by atoms with Gasteiger partial charge >= 0.3 is 0 Å². The summed E-state index contributed by atoms with van der Waals surface area (Å²) < 4.78 is 5.62. The Morgan fingerprint density at radius 3 is 2.53 bits per heavy atom. The zero-order chi connectivity index (χ0) is 13.9. The first-order valence-corrected chi connectivity index (χ1v) is 7.04. The minimum absolute atomic E-state index is 0.651. The molecule has 0 saturated heterocycles. The van der Waals surface area contributed by atoms with Crippen molar-refractivity contribution in [1.82, 2.24) is 10.6 Å². The van der Waals surface area contributed by atoms with Crippen LogP contribution in [0.25, 0.3) is 0 Å². The van der Waals surface area contributed by atoms with Crippen molar-refractivity contribution < 1.29 is 4.74 Å². The molecule has 0 aliphatic carbocycles. The molecule has 2 N–H and O–H groups in total. The van der Waals surface area contributed by atoms with Gasteiger partial charge in [0.25, 0.3) is 0 Å². The highest BCUT2D eigenvalue weighted by molar-refractivity contribution is 5.79. The second-order valence-corrected chi connectivity index (χ2v) is 4.22. The highest BCUT2D eigenvalue weighted by Gasteiger charge is 1.98. The molecule has 0 amide bonds. The fourth-order valence-electron chi connectivity index (χ4n) is 1.63. The third kappa shape index (κ3) is 6.13. The lowest BCUT2D eigenvalue weighted by Gasteiger charge is -2.09. The van der Waals surface area contributed by atoms with Crippen LogP contribution >= 0.6 is 0 Å². The van der Waals surface area contributed by atoms with Crippen LogP contribution in [0.1, 0.15) is 32.8 Å². The molecule has 0 fully saturated rings. The first-order valence-electron chi connectivity index (χ1n) is 7.04. The Morgan fingerprint density at radius 1 is 1.16 bits per heavy atom. The molecule has 0 bridgehead atoms. The second-order valence-electron chi connectivity index (χ2n) is 4.22. The SMILES string of the molecule is CCCOc1cccc(CN=C(NCC)NCC)c1. The molecule has 0 spiro atoms. The van der Waals surface area contributed by atoms with Gasteiger partial charge in [-0.3, -0.25) is 0 Å². The maximum atomic E-state index is 5.62. The molecule has 0 atom stereocenters. The fourth-order valence-corrected chi connectivity index (χ4v) is 1.63. The van der Waals surface area contributed by atoms with E-state index in [2.05, 4.69) is 48.5 Å². The monoisotopic (exact) mass is 263 g/mol. The highest BCUT2D eigenvalue weighted by Crippen LogP contribution is 2.14. The van der Waals surface area contributed by atoms with Crippen molar-refractivity contribution in [2.75, 3.05) is 19.7 Å². The number of nitrogens with zero attached hydrogens (tertiary/aromatic N) is 1. The molecule has 0 unspecified atom stereocenters. The molecule has 106 valence electrons. The topological polar surface area (TPSA) is 45.6 Å². The Labute approximate surface area is 116 Å². The summed E-state index contributed by atoms with van der Waals surface area (Å²) in [6.45, 7) is 9.37. The lowest BCUT2D eigenvalue weighted by molar-refractivity contribution is 0.317. The number of aliphatic imine (C=N–C) groups is 1. The Balaban J connectivity index is 2.61. The van der Waals surface area contributed by atoms with Crippen LogP contribution in [0.3, 0.4) is 0 Å². The highest BCUT2D eigenvalue weighted by atomic mass is 16.5. The fraction of sp³-hybridized carbons (Fsp3) is 0.533. The smallest absolute Gasteiger partial charge is 0.191 e. The van der Waals surface area contributed by atoms with Crippen LogP contribution in [0.4, 0.5) is 0 Å². The number of hydrogen-bond acceptors (Lipinski definition) is 2. The average molecular weight is 263 g/mol. The molecule has 4 heteroatoms. The van der Waals surface area contributed by atoms with Crippen LogP contribution in [0.15, 0.2) is 29.3 Å². The molecular formula is C15H25N3O. The van der Waals surface area contributed by atoms with Crippen molar-refractivity contribution in [3.63, 3.8) is 0 Å². The number of ether oxygens (including phenoxy) is 1. The second kappa shape index (κ2) is 9.25. The van der Waals surface area contributed by atoms with E-state index in [-0.39, 0.29) is 0 Å². The van der Waals surface area contributed by atoms with E-state index in [4.69, 9.17) is 4.74 Å². The molecule has 0 radical (unpaired) electrons. The van der Waals surface area contributed by atoms with E-state index < -0.39 is 0 Å². The van der Waals surface area contributed by atoms with Gasteiger partial charge in [-0.15, -0.1) is 0 Å². The van der Waals surface area contributed by atoms with Gasteiger partial charge in [0.15, 0.2) is 5.96 Å². The van der Waals surface area contributed by atoms with Crippen molar-refractivity contribution >= 4 is 5.96 Å². The molecular weight excluding hydrogens is 238 g/mol. The zero-order valence-electron chi connectivity index (χ0n) is 12.2. The Morgan fingerprint density at radius 2 is 1.89 bits per heavy atom. The lowest BCUT2D eigenvalue weighted by Crippen LogP contribution is -2.36. The van der Waals surface area contributed by atoms with Crippen molar-refractivity contribution in [1.29, 1.82) is 0 Å². The number of rotatable bonds is 7. The molecule has 0 heterocycles. The van der Waals surface area contributed by atoms with Crippen LogP contribution in [0.2, 0.25) is 0 Å². The zero-order valence-corrected chi connectivity index (χ0v) is 12.2. The van der Waals surface area contributed by atoms with Crippen molar-refractivity contribution in [3.8, 4) is 5.75 Å². The van der Waals surface area contributed by atoms with Crippen LogP contribution in [-0.4, -0.2) is 25.7 Å². The summed E-state index contributed by atoms with van der Waals surface area (Å²) in [6.07, 6.45) is 1.02. The largest absolute Gasteiger partial charge is 0.494 e. The van der Waals surface area contributed by atoms with E-state index in [0.29, 0.717) is 6.54 Å². The molecule has 1 aromatic rings. The van der Waals surface area contributed by atoms with E-state index >= 15 is 0 Å². The summed E-state index contributed by atoms with van der Waals surface area (Å²) in [6, 6.07) is 8.11. The van der Waals surface area contributed by atoms with Crippen LogP contribution in [0.5, 0.6) is 5.75 Å². The number of benzene rings is 1. The van der Waals surface area contributed by atoms with Gasteiger partial charge in [0.1, 0.15) is 5.75 Å². The maximum absolute atomic E-state index is 5.62. The molecule has 1 aromatic carbocycles. The predicted octanol–water partition coefficient (Wildman–Crippen LogP) is 2.55. The quantitative estimate of drug-likeness (QED) is 0.587. The van der Waals surface area contributed by atoms with Crippen LogP contribution in [0, 0.1) is 0 Å². The summed E-state index contributed by atoms with van der Waals surface area (Å²) in [7, 11) is 0. The van der Waals surface area contributed by atoms with Gasteiger partial charge in [-0.05, 0) is 38.0 Å². The van der Waals surface area contributed by atoms with Gasteiger partial charge in [-0.1, -0.05) is 19.1 Å². The third-order valence-corrected chi connectivity index (χ3v) is 2.48. The summed E-state index contributed by atoms with van der Waals surface area (Å²) in [5.41, 5.74) is 1.15. The Bertz CT molecular complexity index is 383. The third-order valence-electron chi connectivity index (χ3n) is 2.48. The number of guanidine groups is 1. The lowest BCUT2D eigenvalue weighted by atomic mass is 10.2. The molecule has 4 nitrogen and oxygen atoms in total. The number of nitrogens with one attached hydrogen (secondary N) is 2.